The fraction of sp³-hybridized carbons (Fsp3) is 0.500. The van der Waals surface area contributed by atoms with Crippen LogP contribution in [0.15, 0.2) is 24.3 Å². The van der Waals surface area contributed by atoms with Gasteiger partial charge in [-0.05, 0) is 57.4 Å². The number of benzene rings is 1. The van der Waals surface area contributed by atoms with Gasteiger partial charge in [0.2, 0.25) is 11.8 Å². The summed E-state index contributed by atoms with van der Waals surface area (Å²) in [6.07, 6.45) is 3.43. The first-order chi connectivity index (χ1) is 12.9. The Balaban J connectivity index is 1.59. The number of anilines is 1. The Morgan fingerprint density at radius 2 is 1.56 bits per heavy atom. The number of carbonyl (C=O) groups is 4. The van der Waals surface area contributed by atoms with Gasteiger partial charge in [0.25, 0.3) is 5.91 Å². The highest BCUT2D eigenvalue weighted by Crippen LogP contribution is 2.24. The molecule has 2 atom stereocenters. The van der Waals surface area contributed by atoms with E-state index >= 15 is 0 Å². The molecule has 0 aromatic heterocycles. The summed E-state index contributed by atoms with van der Waals surface area (Å²) in [5.41, 5.74) is 0.705. The number of ether oxygens (including phenoxy) is 1. The average molecular weight is 372 g/mol. The number of rotatable bonds is 4. The highest BCUT2D eigenvalue weighted by Gasteiger charge is 2.31. The summed E-state index contributed by atoms with van der Waals surface area (Å²) >= 11 is 0. The highest BCUT2D eigenvalue weighted by atomic mass is 16.5. The molecule has 144 valence electrons. The second-order valence-corrected chi connectivity index (χ2v) is 7.18. The molecule has 7 heteroatoms. The number of hydrogen-bond donors (Lipinski definition) is 0. The lowest BCUT2D eigenvalue weighted by Crippen LogP contribution is -2.49. The van der Waals surface area contributed by atoms with E-state index in [9.17, 15) is 19.2 Å². The Labute approximate surface area is 158 Å². The van der Waals surface area contributed by atoms with Crippen LogP contribution in [0.5, 0.6) is 0 Å². The van der Waals surface area contributed by atoms with Gasteiger partial charge in [-0.3, -0.25) is 19.3 Å². The van der Waals surface area contributed by atoms with Crippen molar-refractivity contribution in [3.63, 3.8) is 0 Å². The maximum absolute atomic E-state index is 12.4. The lowest BCUT2D eigenvalue weighted by atomic mass is 9.97. The summed E-state index contributed by atoms with van der Waals surface area (Å²) in [7, 11) is 0. The zero-order valence-electron chi connectivity index (χ0n) is 15.6. The molecular formula is C20H24N2O5. The summed E-state index contributed by atoms with van der Waals surface area (Å²) in [6.45, 7) is 3.72. The molecule has 0 radical (unpaired) electrons. The van der Waals surface area contributed by atoms with Crippen molar-refractivity contribution in [2.24, 2.45) is 0 Å². The van der Waals surface area contributed by atoms with E-state index in [4.69, 9.17) is 4.74 Å². The van der Waals surface area contributed by atoms with Crippen LogP contribution in [0, 0.1) is 0 Å². The van der Waals surface area contributed by atoms with E-state index in [0.29, 0.717) is 5.69 Å². The first kappa shape index (κ1) is 19.1. The SMILES string of the molecule is C[C@@H]1CCC[C@H](C)N1C(=O)COC(=O)c1ccc(N2C(=O)CCC2=O)cc1. The molecule has 1 aromatic rings. The van der Waals surface area contributed by atoms with E-state index in [1.165, 1.54) is 24.3 Å². The third-order valence-electron chi connectivity index (χ3n) is 5.22. The zero-order valence-corrected chi connectivity index (χ0v) is 15.6. The monoisotopic (exact) mass is 372 g/mol. The van der Waals surface area contributed by atoms with E-state index in [1.54, 1.807) is 4.90 Å². The van der Waals surface area contributed by atoms with Crippen molar-refractivity contribution in [3.8, 4) is 0 Å². The summed E-state index contributed by atoms with van der Waals surface area (Å²) in [5.74, 6) is -1.28. The van der Waals surface area contributed by atoms with E-state index in [1.807, 2.05) is 13.8 Å². The molecule has 0 unspecified atom stereocenters. The number of likely N-dealkylation sites (tertiary alicyclic amines) is 1. The molecule has 2 heterocycles. The smallest absolute Gasteiger partial charge is 0.338 e. The number of nitrogens with zero attached hydrogens (tertiary/aromatic N) is 2. The molecule has 3 amide bonds. The van der Waals surface area contributed by atoms with Crippen molar-refractivity contribution >= 4 is 29.4 Å². The van der Waals surface area contributed by atoms with Crippen LogP contribution in [0.4, 0.5) is 5.69 Å². The third kappa shape index (κ3) is 4.02. The molecule has 2 saturated heterocycles. The maximum Gasteiger partial charge on any atom is 0.338 e. The van der Waals surface area contributed by atoms with E-state index in [2.05, 4.69) is 0 Å². The zero-order chi connectivity index (χ0) is 19.6. The molecule has 2 fully saturated rings. The minimum Gasteiger partial charge on any atom is -0.452 e. The molecule has 0 aliphatic carbocycles. The first-order valence-corrected chi connectivity index (χ1v) is 9.32. The molecule has 27 heavy (non-hydrogen) atoms. The van der Waals surface area contributed by atoms with Crippen molar-refractivity contribution in [2.45, 2.75) is 58.0 Å². The minimum atomic E-state index is -0.605. The minimum absolute atomic E-state index is 0.148. The summed E-state index contributed by atoms with van der Waals surface area (Å²) in [4.78, 5) is 51.1. The van der Waals surface area contributed by atoms with Crippen molar-refractivity contribution in [1.82, 2.24) is 4.90 Å². The Morgan fingerprint density at radius 3 is 2.11 bits per heavy atom. The summed E-state index contributed by atoms with van der Waals surface area (Å²) in [6, 6.07) is 6.35. The predicted octanol–water partition coefficient (Wildman–Crippen LogP) is 2.29. The van der Waals surface area contributed by atoms with E-state index in [-0.39, 0.29) is 54.8 Å². The standard InChI is InChI=1S/C20H24N2O5/c1-13-4-3-5-14(2)21(13)19(25)12-27-20(26)15-6-8-16(9-7-15)22-17(23)10-11-18(22)24/h6-9,13-14H,3-5,10-12H2,1-2H3/t13-,14+. The normalized spacial score (nSPS) is 22.9. The van der Waals surface area contributed by atoms with Gasteiger partial charge in [0.15, 0.2) is 6.61 Å². The number of piperidine rings is 1. The Bertz CT molecular complexity index is 732. The van der Waals surface area contributed by atoms with Gasteiger partial charge >= 0.3 is 5.97 Å². The van der Waals surface area contributed by atoms with Crippen LogP contribution in [0.1, 0.15) is 56.3 Å². The van der Waals surface area contributed by atoms with Crippen molar-refractivity contribution in [3.05, 3.63) is 29.8 Å². The molecule has 3 rings (SSSR count). The Kier molecular flexibility index (Phi) is 5.58. The van der Waals surface area contributed by atoms with Crippen LogP contribution in [0.3, 0.4) is 0 Å². The van der Waals surface area contributed by atoms with Gasteiger partial charge in [-0.15, -0.1) is 0 Å². The molecular weight excluding hydrogens is 348 g/mol. The quantitative estimate of drug-likeness (QED) is 0.598. The van der Waals surface area contributed by atoms with Crippen LogP contribution in [-0.2, 0) is 19.1 Å². The topological polar surface area (TPSA) is 84.0 Å². The second kappa shape index (κ2) is 7.90. The van der Waals surface area contributed by atoms with E-state index < -0.39 is 5.97 Å². The highest BCUT2D eigenvalue weighted by molar-refractivity contribution is 6.19. The average Bonchev–Trinajstić information content (AvgIpc) is 2.98. The number of esters is 1. The van der Waals surface area contributed by atoms with E-state index in [0.717, 1.165) is 24.2 Å². The molecule has 7 nitrogen and oxygen atoms in total. The lowest BCUT2D eigenvalue weighted by Gasteiger charge is -2.38. The van der Waals surface area contributed by atoms with Crippen LogP contribution in [0.2, 0.25) is 0 Å². The summed E-state index contributed by atoms with van der Waals surface area (Å²) in [5, 5.41) is 0. The van der Waals surface area contributed by atoms with Crippen molar-refractivity contribution in [2.75, 3.05) is 11.5 Å². The van der Waals surface area contributed by atoms with Gasteiger partial charge in [-0.2, -0.15) is 0 Å². The molecule has 0 spiro atoms. The van der Waals surface area contributed by atoms with Gasteiger partial charge in [0, 0.05) is 24.9 Å². The molecule has 0 saturated carbocycles. The molecule has 2 aliphatic heterocycles. The third-order valence-corrected chi connectivity index (χ3v) is 5.22. The fourth-order valence-electron chi connectivity index (χ4n) is 3.81. The number of hydrogen-bond acceptors (Lipinski definition) is 5. The van der Waals surface area contributed by atoms with Gasteiger partial charge in [0.05, 0.1) is 11.3 Å². The number of carbonyl (C=O) groups excluding carboxylic acids is 4. The fourth-order valence-corrected chi connectivity index (χ4v) is 3.81. The Hall–Kier alpha value is -2.70. The predicted molar refractivity (Wildman–Crippen MR) is 98.1 cm³/mol. The van der Waals surface area contributed by atoms with Crippen LogP contribution >= 0.6 is 0 Å². The van der Waals surface area contributed by atoms with Gasteiger partial charge < -0.3 is 9.64 Å². The van der Waals surface area contributed by atoms with Crippen LogP contribution in [0.25, 0.3) is 0 Å². The van der Waals surface area contributed by atoms with Crippen LogP contribution < -0.4 is 4.90 Å². The van der Waals surface area contributed by atoms with Crippen molar-refractivity contribution < 1.29 is 23.9 Å². The largest absolute Gasteiger partial charge is 0.452 e. The number of imide groups is 1. The molecule has 2 aliphatic rings. The second-order valence-electron chi connectivity index (χ2n) is 7.18. The maximum atomic E-state index is 12.4. The van der Waals surface area contributed by atoms with Crippen LogP contribution in [-0.4, -0.2) is 47.3 Å². The molecule has 0 bridgehead atoms. The lowest BCUT2D eigenvalue weighted by molar-refractivity contribution is -0.140. The van der Waals surface area contributed by atoms with Gasteiger partial charge in [0.1, 0.15) is 0 Å². The summed E-state index contributed by atoms with van der Waals surface area (Å²) < 4.78 is 5.17. The Morgan fingerprint density at radius 1 is 1.00 bits per heavy atom. The van der Waals surface area contributed by atoms with Gasteiger partial charge in [-0.1, -0.05) is 0 Å². The first-order valence-electron chi connectivity index (χ1n) is 9.32. The van der Waals surface area contributed by atoms with Gasteiger partial charge in [-0.25, -0.2) is 4.79 Å². The van der Waals surface area contributed by atoms with Crippen molar-refractivity contribution in [1.29, 1.82) is 0 Å². The molecule has 0 N–H and O–H groups in total. The number of amides is 3. The molecule has 1 aromatic carbocycles.